The topological polar surface area (TPSA) is 42.4 Å². The molecule has 26 heavy (non-hydrogen) atoms. The summed E-state index contributed by atoms with van der Waals surface area (Å²) in [5, 5.41) is 0.914. The lowest BCUT2D eigenvalue weighted by atomic mass is 10.1. The third kappa shape index (κ3) is 3.85. The van der Waals surface area contributed by atoms with E-state index in [1.54, 1.807) is 35.4 Å². The molecule has 3 rings (SSSR count). The van der Waals surface area contributed by atoms with Crippen molar-refractivity contribution in [2.45, 2.75) is 25.8 Å². The maximum Gasteiger partial charge on any atom is 0.223 e. The number of para-hydroxylation sites is 1. The Bertz CT molecular complexity index is 892. The first-order valence-electron chi connectivity index (χ1n) is 8.43. The van der Waals surface area contributed by atoms with E-state index < -0.39 is 5.82 Å². The minimum Gasteiger partial charge on any atom is -0.494 e. The number of carbonyl (C=O) groups is 1. The van der Waals surface area contributed by atoms with Crippen LogP contribution in [0.5, 0.6) is 5.75 Å². The zero-order valence-corrected chi connectivity index (χ0v) is 15.8. The van der Waals surface area contributed by atoms with Crippen LogP contribution in [0.15, 0.2) is 42.5 Å². The van der Waals surface area contributed by atoms with Crippen LogP contribution in [0.3, 0.4) is 0 Å². The number of aryl methyl sites for hydroxylation is 1. The molecule has 3 aromatic rings. The smallest absolute Gasteiger partial charge is 0.223 e. The highest BCUT2D eigenvalue weighted by Gasteiger charge is 2.20. The van der Waals surface area contributed by atoms with Gasteiger partial charge in [0.1, 0.15) is 5.01 Å². The first kappa shape index (κ1) is 18.3. The van der Waals surface area contributed by atoms with Crippen LogP contribution in [0, 0.1) is 5.82 Å². The summed E-state index contributed by atoms with van der Waals surface area (Å²) in [6, 6.07) is 12.6. The maximum absolute atomic E-state index is 13.8. The molecule has 1 aromatic heterocycles. The average Bonchev–Trinajstić information content (AvgIpc) is 3.09. The molecule has 1 heterocycles. The summed E-state index contributed by atoms with van der Waals surface area (Å²) in [7, 11) is 3.22. The van der Waals surface area contributed by atoms with Crippen molar-refractivity contribution in [1.29, 1.82) is 0 Å². The standard InChI is InChI=1S/C20H21FN2O2S/c1-13(20-22-16-6-4-5-7-18(16)26-20)23(2)19(24)11-9-14-8-10-17(25-3)15(21)12-14/h4-8,10,12-13H,9,11H2,1-3H3. The Balaban J connectivity index is 1.64. The predicted octanol–water partition coefficient (Wildman–Crippen LogP) is 4.60. The highest BCUT2D eigenvalue weighted by atomic mass is 32.1. The fourth-order valence-corrected chi connectivity index (χ4v) is 3.81. The molecule has 0 aliphatic carbocycles. The van der Waals surface area contributed by atoms with Gasteiger partial charge in [-0.25, -0.2) is 9.37 Å². The van der Waals surface area contributed by atoms with Gasteiger partial charge in [0.25, 0.3) is 0 Å². The Morgan fingerprint density at radius 1 is 1.31 bits per heavy atom. The first-order valence-corrected chi connectivity index (χ1v) is 9.24. The van der Waals surface area contributed by atoms with Crippen molar-refractivity contribution in [1.82, 2.24) is 9.88 Å². The highest BCUT2D eigenvalue weighted by molar-refractivity contribution is 7.18. The van der Waals surface area contributed by atoms with E-state index >= 15 is 0 Å². The van der Waals surface area contributed by atoms with E-state index in [4.69, 9.17) is 4.74 Å². The number of carbonyl (C=O) groups excluding carboxylic acids is 1. The molecule has 0 fully saturated rings. The van der Waals surface area contributed by atoms with Gasteiger partial charge in [-0.2, -0.15) is 0 Å². The fraction of sp³-hybridized carbons (Fsp3) is 0.300. The Kier molecular flexibility index (Phi) is 5.52. The number of nitrogens with zero attached hydrogens (tertiary/aromatic N) is 2. The molecule has 0 N–H and O–H groups in total. The number of thiazole rings is 1. The summed E-state index contributed by atoms with van der Waals surface area (Å²) >= 11 is 1.60. The van der Waals surface area contributed by atoms with Crippen LogP contribution in [0.4, 0.5) is 4.39 Å². The zero-order chi connectivity index (χ0) is 18.7. The van der Waals surface area contributed by atoms with Crippen LogP contribution < -0.4 is 4.74 Å². The van der Waals surface area contributed by atoms with Crippen LogP contribution in [0.25, 0.3) is 10.2 Å². The van der Waals surface area contributed by atoms with Gasteiger partial charge in [0.05, 0.1) is 23.4 Å². The second-order valence-corrected chi connectivity index (χ2v) is 7.23. The van der Waals surface area contributed by atoms with Gasteiger partial charge >= 0.3 is 0 Å². The largest absolute Gasteiger partial charge is 0.494 e. The number of ether oxygens (including phenoxy) is 1. The van der Waals surface area contributed by atoms with Crippen LogP contribution in [0.1, 0.15) is 30.0 Å². The molecule has 0 spiro atoms. The van der Waals surface area contributed by atoms with Gasteiger partial charge in [-0.05, 0) is 43.2 Å². The Morgan fingerprint density at radius 2 is 2.08 bits per heavy atom. The molecule has 6 heteroatoms. The van der Waals surface area contributed by atoms with Gasteiger partial charge in [0, 0.05) is 13.5 Å². The molecule has 0 saturated heterocycles. The summed E-state index contributed by atoms with van der Waals surface area (Å²) < 4.78 is 19.8. The molecule has 2 aromatic carbocycles. The second kappa shape index (κ2) is 7.83. The summed E-state index contributed by atoms with van der Waals surface area (Å²) in [6.45, 7) is 1.97. The second-order valence-electron chi connectivity index (χ2n) is 6.17. The fourth-order valence-electron chi connectivity index (χ4n) is 2.74. The van der Waals surface area contributed by atoms with Crippen LogP contribution >= 0.6 is 11.3 Å². The Labute approximate surface area is 156 Å². The van der Waals surface area contributed by atoms with E-state index in [2.05, 4.69) is 4.98 Å². The molecule has 0 bridgehead atoms. The minimum absolute atomic E-state index is 0.00739. The Morgan fingerprint density at radius 3 is 2.77 bits per heavy atom. The van der Waals surface area contributed by atoms with E-state index in [1.807, 2.05) is 31.2 Å². The van der Waals surface area contributed by atoms with Crippen LogP contribution in [0.2, 0.25) is 0 Å². The molecular formula is C20H21FN2O2S. The SMILES string of the molecule is COc1ccc(CCC(=O)N(C)C(C)c2nc3ccccc3s2)cc1F. The number of halogens is 1. The van der Waals surface area contributed by atoms with Crippen molar-refractivity contribution < 1.29 is 13.9 Å². The molecule has 0 saturated carbocycles. The minimum atomic E-state index is -0.409. The third-order valence-corrected chi connectivity index (χ3v) is 5.69. The summed E-state index contributed by atoms with van der Waals surface area (Å²) in [5.41, 5.74) is 1.73. The van der Waals surface area contributed by atoms with Gasteiger partial charge in [-0.1, -0.05) is 18.2 Å². The number of hydrogen-bond acceptors (Lipinski definition) is 4. The molecular weight excluding hydrogens is 351 g/mol. The van der Waals surface area contributed by atoms with Crippen molar-refractivity contribution >= 4 is 27.5 Å². The summed E-state index contributed by atoms with van der Waals surface area (Å²) in [4.78, 5) is 18.9. The quantitative estimate of drug-likeness (QED) is 0.635. The van der Waals surface area contributed by atoms with Crippen LogP contribution in [-0.2, 0) is 11.2 Å². The maximum atomic E-state index is 13.8. The number of fused-ring (bicyclic) bond motifs is 1. The summed E-state index contributed by atoms with van der Waals surface area (Å²) in [5.74, 6) is -0.191. The van der Waals surface area contributed by atoms with Crippen molar-refractivity contribution in [3.8, 4) is 5.75 Å². The molecule has 1 atom stereocenters. The number of benzene rings is 2. The van der Waals surface area contributed by atoms with Gasteiger partial charge in [0.15, 0.2) is 11.6 Å². The molecule has 0 radical (unpaired) electrons. The predicted molar refractivity (Wildman–Crippen MR) is 102 cm³/mol. The van der Waals surface area contributed by atoms with E-state index in [1.165, 1.54) is 13.2 Å². The molecule has 1 unspecified atom stereocenters. The number of rotatable bonds is 6. The van der Waals surface area contributed by atoms with Gasteiger partial charge < -0.3 is 9.64 Å². The summed E-state index contributed by atoms with van der Waals surface area (Å²) in [6.07, 6.45) is 0.800. The van der Waals surface area contributed by atoms with E-state index in [-0.39, 0.29) is 17.7 Å². The Hall–Kier alpha value is -2.47. The lowest BCUT2D eigenvalue weighted by molar-refractivity contribution is -0.131. The van der Waals surface area contributed by atoms with Gasteiger partial charge in [-0.15, -0.1) is 11.3 Å². The average molecular weight is 372 g/mol. The lowest BCUT2D eigenvalue weighted by Gasteiger charge is -2.23. The van der Waals surface area contributed by atoms with Crippen molar-refractivity contribution in [3.05, 3.63) is 58.9 Å². The van der Waals surface area contributed by atoms with Crippen LogP contribution in [-0.4, -0.2) is 29.9 Å². The van der Waals surface area contributed by atoms with Crippen molar-refractivity contribution in [2.24, 2.45) is 0 Å². The number of methoxy groups -OCH3 is 1. The third-order valence-electron chi connectivity index (χ3n) is 4.49. The van der Waals surface area contributed by atoms with Crippen molar-refractivity contribution in [3.63, 3.8) is 0 Å². The first-order chi connectivity index (χ1) is 12.5. The number of amides is 1. The van der Waals surface area contributed by atoms with Crippen molar-refractivity contribution in [2.75, 3.05) is 14.2 Å². The molecule has 4 nitrogen and oxygen atoms in total. The molecule has 136 valence electrons. The lowest BCUT2D eigenvalue weighted by Crippen LogP contribution is -2.29. The molecule has 0 aliphatic heterocycles. The number of aromatic nitrogens is 1. The number of hydrogen-bond donors (Lipinski definition) is 0. The van der Waals surface area contributed by atoms with E-state index in [0.717, 1.165) is 20.8 Å². The van der Waals surface area contributed by atoms with E-state index in [9.17, 15) is 9.18 Å². The molecule has 0 aliphatic rings. The normalized spacial score (nSPS) is 12.2. The highest BCUT2D eigenvalue weighted by Crippen LogP contribution is 2.29. The van der Waals surface area contributed by atoms with Gasteiger partial charge in [0.2, 0.25) is 5.91 Å². The monoisotopic (exact) mass is 372 g/mol. The zero-order valence-electron chi connectivity index (χ0n) is 15.0. The van der Waals surface area contributed by atoms with Gasteiger partial charge in [-0.3, -0.25) is 4.79 Å². The molecule has 1 amide bonds. The van der Waals surface area contributed by atoms with E-state index in [0.29, 0.717) is 12.8 Å².